The normalized spacial score (nSPS) is 12.0. The largest absolute Gasteiger partial charge is 0.378 e. The van der Waals surface area contributed by atoms with E-state index in [2.05, 4.69) is 26.0 Å². The van der Waals surface area contributed by atoms with Gasteiger partial charge in [-0.2, -0.15) is 9.50 Å². The smallest absolute Gasteiger partial charge is 0.291 e. The number of hydrogen-bond donors (Lipinski definition) is 0. The van der Waals surface area contributed by atoms with Crippen molar-refractivity contribution in [1.82, 2.24) is 14.6 Å². The van der Waals surface area contributed by atoms with E-state index in [1.165, 1.54) is 15.9 Å². The van der Waals surface area contributed by atoms with Crippen molar-refractivity contribution in [3.05, 3.63) is 73.5 Å². The molecule has 0 aliphatic heterocycles. The highest BCUT2D eigenvalue weighted by molar-refractivity contribution is 9.10. The molecule has 0 radical (unpaired) electrons. The minimum absolute atomic E-state index is 0.141. The summed E-state index contributed by atoms with van der Waals surface area (Å²) in [5.74, 6) is 0.558. The third kappa shape index (κ3) is 3.15. The van der Waals surface area contributed by atoms with Gasteiger partial charge in [0.2, 0.25) is 4.96 Å². The first-order chi connectivity index (χ1) is 12.5. The van der Waals surface area contributed by atoms with E-state index in [4.69, 9.17) is 0 Å². The van der Waals surface area contributed by atoms with Crippen LogP contribution in [0.25, 0.3) is 22.4 Å². The van der Waals surface area contributed by atoms with Crippen molar-refractivity contribution in [3.8, 4) is 11.4 Å². The first-order valence-corrected chi connectivity index (χ1v) is 9.57. The maximum atomic E-state index is 12.6. The second kappa shape index (κ2) is 6.66. The molecule has 2 aromatic heterocycles. The van der Waals surface area contributed by atoms with Gasteiger partial charge < -0.3 is 4.90 Å². The van der Waals surface area contributed by atoms with Crippen LogP contribution in [-0.4, -0.2) is 28.7 Å². The van der Waals surface area contributed by atoms with Crippen molar-refractivity contribution in [2.45, 2.75) is 0 Å². The SMILES string of the molecule is CN(C)c1ccc(C=c2sc3nc(-c4ccc(Br)cc4)nn3c2=O)cc1. The molecule has 5 nitrogen and oxygen atoms in total. The van der Waals surface area contributed by atoms with Crippen molar-refractivity contribution in [2.24, 2.45) is 0 Å². The molecule has 7 heteroatoms. The maximum Gasteiger partial charge on any atom is 0.291 e. The Morgan fingerprint density at radius 1 is 1.08 bits per heavy atom. The van der Waals surface area contributed by atoms with Gasteiger partial charge in [-0.15, -0.1) is 5.10 Å². The van der Waals surface area contributed by atoms with Gasteiger partial charge in [0.15, 0.2) is 5.82 Å². The van der Waals surface area contributed by atoms with Crippen molar-refractivity contribution < 1.29 is 0 Å². The first kappa shape index (κ1) is 16.9. The number of benzene rings is 2. The molecule has 0 N–H and O–H groups in total. The predicted octanol–water partition coefficient (Wildman–Crippen LogP) is 3.19. The second-order valence-corrected chi connectivity index (χ2v) is 7.96. The number of thiazole rings is 1. The summed E-state index contributed by atoms with van der Waals surface area (Å²) in [5.41, 5.74) is 2.84. The van der Waals surface area contributed by atoms with Crippen molar-refractivity contribution >= 4 is 44.0 Å². The highest BCUT2D eigenvalue weighted by Gasteiger charge is 2.11. The Morgan fingerprint density at radius 2 is 1.77 bits per heavy atom. The van der Waals surface area contributed by atoms with Gasteiger partial charge in [-0.25, -0.2) is 0 Å². The summed E-state index contributed by atoms with van der Waals surface area (Å²) in [7, 11) is 3.99. The van der Waals surface area contributed by atoms with Crippen molar-refractivity contribution in [2.75, 3.05) is 19.0 Å². The molecule has 2 aromatic carbocycles. The third-order valence-electron chi connectivity index (χ3n) is 3.99. The Labute approximate surface area is 162 Å². The van der Waals surface area contributed by atoms with Crippen LogP contribution in [0, 0.1) is 0 Å². The van der Waals surface area contributed by atoms with Gasteiger partial charge in [-0.05, 0) is 35.9 Å². The molecule has 26 heavy (non-hydrogen) atoms. The summed E-state index contributed by atoms with van der Waals surface area (Å²) in [6, 6.07) is 15.8. The number of hydrogen-bond acceptors (Lipinski definition) is 5. The zero-order valence-corrected chi connectivity index (χ0v) is 16.6. The lowest BCUT2D eigenvalue weighted by Gasteiger charge is -2.11. The van der Waals surface area contributed by atoms with E-state index in [9.17, 15) is 4.79 Å². The standard InChI is InChI=1S/C19H15BrN4OS/c1-23(2)15-9-3-12(4-10-15)11-16-18(25)24-19(26-16)21-17(22-24)13-5-7-14(20)8-6-13/h3-11H,1-2H3. The van der Waals surface area contributed by atoms with E-state index in [1.807, 2.05) is 73.6 Å². The van der Waals surface area contributed by atoms with Gasteiger partial charge in [-0.3, -0.25) is 4.79 Å². The second-order valence-electron chi connectivity index (χ2n) is 6.04. The van der Waals surface area contributed by atoms with Crippen LogP contribution in [0.5, 0.6) is 0 Å². The fourth-order valence-corrected chi connectivity index (χ4v) is 3.75. The number of nitrogens with zero attached hydrogens (tertiary/aromatic N) is 4. The number of rotatable bonds is 3. The molecule has 4 aromatic rings. The lowest BCUT2D eigenvalue weighted by atomic mass is 10.2. The molecule has 0 aliphatic carbocycles. The number of halogens is 1. The van der Waals surface area contributed by atoms with Crippen molar-refractivity contribution in [1.29, 1.82) is 0 Å². The van der Waals surface area contributed by atoms with Gasteiger partial charge in [0, 0.05) is 29.8 Å². The molecule has 130 valence electrons. The number of anilines is 1. The summed E-state index contributed by atoms with van der Waals surface area (Å²) in [4.78, 5) is 19.8. The highest BCUT2D eigenvalue weighted by Crippen LogP contribution is 2.19. The van der Waals surface area contributed by atoms with Crippen LogP contribution >= 0.6 is 27.3 Å². The van der Waals surface area contributed by atoms with Crippen LogP contribution in [-0.2, 0) is 0 Å². The number of fused-ring (bicyclic) bond motifs is 1. The van der Waals surface area contributed by atoms with Gasteiger partial charge in [-0.1, -0.05) is 51.5 Å². The molecule has 4 rings (SSSR count). The lowest BCUT2D eigenvalue weighted by Crippen LogP contribution is -2.23. The van der Waals surface area contributed by atoms with E-state index in [-0.39, 0.29) is 5.56 Å². The minimum atomic E-state index is -0.141. The van der Waals surface area contributed by atoms with Crippen LogP contribution in [0.2, 0.25) is 0 Å². The Hall–Kier alpha value is -2.51. The Bertz CT molecular complexity index is 1180. The summed E-state index contributed by atoms with van der Waals surface area (Å²) in [6.07, 6.45) is 1.88. The topological polar surface area (TPSA) is 50.5 Å². The van der Waals surface area contributed by atoms with Crippen LogP contribution in [0.1, 0.15) is 5.56 Å². The van der Waals surface area contributed by atoms with Gasteiger partial charge >= 0.3 is 0 Å². The molecule has 0 aliphatic rings. The zero-order valence-electron chi connectivity index (χ0n) is 14.2. The average Bonchev–Trinajstić information content (AvgIpc) is 3.16. The highest BCUT2D eigenvalue weighted by atomic mass is 79.9. The molecular weight excluding hydrogens is 412 g/mol. The van der Waals surface area contributed by atoms with Gasteiger partial charge in [0.25, 0.3) is 5.56 Å². The van der Waals surface area contributed by atoms with Crippen LogP contribution in [0.3, 0.4) is 0 Å². The third-order valence-corrected chi connectivity index (χ3v) is 5.48. The molecule has 0 saturated heterocycles. The molecule has 2 heterocycles. The summed E-state index contributed by atoms with van der Waals surface area (Å²) >= 11 is 4.76. The van der Waals surface area contributed by atoms with E-state index in [0.29, 0.717) is 15.3 Å². The Morgan fingerprint density at radius 3 is 2.38 bits per heavy atom. The van der Waals surface area contributed by atoms with Crippen LogP contribution in [0.15, 0.2) is 57.8 Å². The summed E-state index contributed by atoms with van der Waals surface area (Å²) < 4.78 is 2.99. The van der Waals surface area contributed by atoms with E-state index in [1.54, 1.807) is 0 Å². The fraction of sp³-hybridized carbons (Fsp3) is 0.105. The quantitative estimate of drug-likeness (QED) is 0.504. The molecular formula is C19H15BrN4OS. The van der Waals surface area contributed by atoms with Crippen molar-refractivity contribution in [3.63, 3.8) is 0 Å². The van der Waals surface area contributed by atoms with Crippen LogP contribution < -0.4 is 15.0 Å². The molecule has 0 unspecified atom stereocenters. The van der Waals surface area contributed by atoms with E-state index in [0.717, 1.165) is 21.3 Å². The Balaban J connectivity index is 1.73. The van der Waals surface area contributed by atoms with Gasteiger partial charge in [0.1, 0.15) is 0 Å². The van der Waals surface area contributed by atoms with E-state index >= 15 is 0 Å². The fourth-order valence-electron chi connectivity index (χ4n) is 2.58. The maximum absolute atomic E-state index is 12.6. The molecule has 0 saturated carbocycles. The molecule has 0 atom stereocenters. The molecule has 0 spiro atoms. The summed E-state index contributed by atoms with van der Waals surface area (Å²) in [6.45, 7) is 0. The molecule has 0 fully saturated rings. The Kier molecular flexibility index (Phi) is 4.34. The van der Waals surface area contributed by atoms with Crippen LogP contribution in [0.4, 0.5) is 5.69 Å². The summed E-state index contributed by atoms with van der Waals surface area (Å²) in [5, 5.41) is 4.37. The zero-order chi connectivity index (χ0) is 18.3. The monoisotopic (exact) mass is 426 g/mol. The predicted molar refractivity (Wildman–Crippen MR) is 110 cm³/mol. The van der Waals surface area contributed by atoms with E-state index < -0.39 is 0 Å². The number of aromatic nitrogens is 3. The molecule has 0 amide bonds. The average molecular weight is 427 g/mol. The van der Waals surface area contributed by atoms with Gasteiger partial charge in [0.05, 0.1) is 4.53 Å². The minimum Gasteiger partial charge on any atom is -0.378 e. The molecule has 0 bridgehead atoms. The first-order valence-electron chi connectivity index (χ1n) is 7.96. The lowest BCUT2D eigenvalue weighted by molar-refractivity contribution is 0.937.